The molecule has 2 fully saturated rings. The maximum Gasteiger partial charge on any atom is 0.257 e. The van der Waals surface area contributed by atoms with Crippen LogP contribution in [0, 0.1) is 0 Å². The minimum Gasteiger partial charge on any atom is -0.486 e. The third kappa shape index (κ3) is 2.66. The van der Waals surface area contributed by atoms with Crippen molar-refractivity contribution in [3.8, 4) is 5.75 Å². The molecule has 0 unspecified atom stereocenters. The quantitative estimate of drug-likeness (QED) is 0.791. The van der Waals surface area contributed by atoms with Crippen LogP contribution >= 0.6 is 0 Å². The smallest absolute Gasteiger partial charge is 0.257 e. The van der Waals surface area contributed by atoms with Crippen molar-refractivity contribution in [1.29, 1.82) is 0 Å². The Morgan fingerprint density at radius 2 is 1.88 bits per heavy atom. The van der Waals surface area contributed by atoms with Crippen molar-refractivity contribution in [3.63, 3.8) is 0 Å². The lowest BCUT2D eigenvalue weighted by atomic mass is 9.91. The molecule has 3 aliphatic rings. The first-order chi connectivity index (χ1) is 11.4. The number of para-hydroxylation sites is 1. The largest absolute Gasteiger partial charge is 0.486 e. The standard InChI is InChI=1S/C18H22F2N2O2/c1-21-14-10-22(12-6-8-18(19,20)9-7-12)11-16(14)24-15-5-3-2-4-13(15)17(21)23/h2-5,12,14,16H,6-11H2,1H3/t14-,16+/m1/s1. The van der Waals surface area contributed by atoms with Gasteiger partial charge in [-0.15, -0.1) is 0 Å². The molecule has 1 aromatic carbocycles. The number of likely N-dealkylation sites (tertiary alicyclic amines) is 1. The third-order valence-corrected chi connectivity index (χ3v) is 5.68. The number of benzene rings is 1. The molecule has 0 spiro atoms. The number of fused-ring (bicyclic) bond motifs is 2. The molecule has 1 saturated carbocycles. The molecule has 1 aromatic rings. The predicted octanol–water partition coefficient (Wildman–Crippen LogP) is 2.78. The highest BCUT2D eigenvalue weighted by molar-refractivity contribution is 5.97. The van der Waals surface area contributed by atoms with Gasteiger partial charge >= 0.3 is 0 Å². The van der Waals surface area contributed by atoms with Gasteiger partial charge in [-0.3, -0.25) is 9.69 Å². The minimum absolute atomic E-state index is 0.0323. The van der Waals surface area contributed by atoms with Crippen LogP contribution in [-0.4, -0.2) is 60.0 Å². The van der Waals surface area contributed by atoms with Crippen LogP contribution in [0.3, 0.4) is 0 Å². The van der Waals surface area contributed by atoms with Gasteiger partial charge in [0.05, 0.1) is 11.6 Å². The second kappa shape index (κ2) is 5.69. The maximum atomic E-state index is 13.4. The van der Waals surface area contributed by atoms with Crippen LogP contribution in [0.5, 0.6) is 5.75 Å². The number of amides is 1. The highest BCUT2D eigenvalue weighted by Crippen LogP contribution is 2.38. The number of hydrogen-bond donors (Lipinski definition) is 0. The molecule has 2 heterocycles. The number of ether oxygens (including phenoxy) is 1. The first kappa shape index (κ1) is 15.8. The van der Waals surface area contributed by atoms with E-state index in [4.69, 9.17) is 4.74 Å². The zero-order valence-corrected chi connectivity index (χ0v) is 13.8. The van der Waals surface area contributed by atoms with E-state index in [2.05, 4.69) is 4.90 Å². The van der Waals surface area contributed by atoms with Crippen LogP contribution in [0.15, 0.2) is 24.3 Å². The molecule has 2 aliphatic heterocycles. The number of alkyl halides is 2. The number of likely N-dealkylation sites (N-methyl/N-ethyl adjacent to an activating group) is 1. The molecule has 6 heteroatoms. The molecule has 0 N–H and O–H groups in total. The molecular weight excluding hydrogens is 314 g/mol. The highest BCUT2D eigenvalue weighted by atomic mass is 19.3. The number of halogens is 2. The molecule has 130 valence electrons. The summed E-state index contributed by atoms with van der Waals surface area (Å²) in [5.41, 5.74) is 0.596. The molecule has 0 bridgehead atoms. The van der Waals surface area contributed by atoms with E-state index in [1.165, 1.54) is 0 Å². The van der Waals surface area contributed by atoms with E-state index in [0.29, 0.717) is 37.2 Å². The fourth-order valence-electron chi connectivity index (χ4n) is 4.21. The molecule has 1 saturated heterocycles. The summed E-state index contributed by atoms with van der Waals surface area (Å²) in [5.74, 6) is -1.92. The van der Waals surface area contributed by atoms with Crippen LogP contribution in [0.4, 0.5) is 8.78 Å². The summed E-state index contributed by atoms with van der Waals surface area (Å²) in [5, 5.41) is 0. The van der Waals surface area contributed by atoms with Gasteiger partial charge in [0.2, 0.25) is 5.92 Å². The molecule has 4 nitrogen and oxygen atoms in total. The number of carbonyl (C=O) groups excluding carboxylic acids is 1. The van der Waals surface area contributed by atoms with E-state index < -0.39 is 5.92 Å². The van der Waals surface area contributed by atoms with E-state index >= 15 is 0 Å². The van der Waals surface area contributed by atoms with Crippen molar-refractivity contribution in [2.45, 2.75) is 49.8 Å². The summed E-state index contributed by atoms with van der Waals surface area (Å²) in [6.07, 6.45) is 0.843. The third-order valence-electron chi connectivity index (χ3n) is 5.68. The molecule has 1 amide bonds. The highest BCUT2D eigenvalue weighted by Gasteiger charge is 2.46. The van der Waals surface area contributed by atoms with Gasteiger partial charge in [-0.2, -0.15) is 0 Å². The summed E-state index contributed by atoms with van der Waals surface area (Å²) in [6.45, 7) is 1.38. The van der Waals surface area contributed by atoms with E-state index in [9.17, 15) is 13.6 Å². The fraction of sp³-hybridized carbons (Fsp3) is 0.611. The average Bonchev–Trinajstić information content (AvgIpc) is 2.94. The Bertz CT molecular complexity index is 642. The SMILES string of the molecule is CN1C(=O)c2ccccc2O[C@H]2CN(C3CCC(F)(F)CC3)C[C@H]21. The maximum absolute atomic E-state index is 13.4. The monoisotopic (exact) mass is 336 g/mol. The lowest BCUT2D eigenvalue weighted by Gasteiger charge is -2.34. The molecule has 0 radical (unpaired) electrons. The Labute approximate surface area is 140 Å². The topological polar surface area (TPSA) is 32.8 Å². The number of carbonyl (C=O) groups is 1. The second-order valence-corrected chi connectivity index (χ2v) is 7.18. The van der Waals surface area contributed by atoms with Crippen molar-refractivity contribution in [2.24, 2.45) is 0 Å². The number of hydrogen-bond acceptors (Lipinski definition) is 3. The molecule has 1 aliphatic carbocycles. The Morgan fingerprint density at radius 3 is 2.62 bits per heavy atom. The van der Waals surface area contributed by atoms with E-state index in [1.54, 1.807) is 11.0 Å². The zero-order valence-electron chi connectivity index (χ0n) is 13.8. The molecule has 2 atom stereocenters. The second-order valence-electron chi connectivity index (χ2n) is 7.18. The average molecular weight is 336 g/mol. The molecular formula is C18H22F2N2O2. The van der Waals surface area contributed by atoms with Crippen LogP contribution in [0.2, 0.25) is 0 Å². The predicted molar refractivity (Wildman–Crippen MR) is 85.5 cm³/mol. The zero-order chi connectivity index (χ0) is 16.9. The molecule has 4 rings (SSSR count). The first-order valence-electron chi connectivity index (χ1n) is 8.59. The lowest BCUT2D eigenvalue weighted by molar-refractivity contribution is -0.0523. The van der Waals surface area contributed by atoms with Crippen LogP contribution in [0.25, 0.3) is 0 Å². The lowest BCUT2D eigenvalue weighted by Crippen LogP contribution is -2.44. The van der Waals surface area contributed by atoms with Gasteiger partial charge in [0, 0.05) is 39.0 Å². The normalized spacial score (nSPS) is 30.5. The Hall–Kier alpha value is -1.69. The van der Waals surface area contributed by atoms with Gasteiger partial charge in [0.15, 0.2) is 0 Å². The fourth-order valence-corrected chi connectivity index (χ4v) is 4.21. The first-order valence-corrected chi connectivity index (χ1v) is 8.59. The summed E-state index contributed by atoms with van der Waals surface area (Å²) >= 11 is 0. The Balaban J connectivity index is 1.52. The van der Waals surface area contributed by atoms with Crippen molar-refractivity contribution in [3.05, 3.63) is 29.8 Å². The number of rotatable bonds is 1. The summed E-state index contributed by atoms with van der Waals surface area (Å²) < 4.78 is 32.9. The summed E-state index contributed by atoms with van der Waals surface area (Å²) in [4.78, 5) is 16.7. The van der Waals surface area contributed by atoms with Gasteiger partial charge in [0.1, 0.15) is 11.9 Å². The van der Waals surface area contributed by atoms with Gasteiger partial charge in [-0.1, -0.05) is 12.1 Å². The molecule has 24 heavy (non-hydrogen) atoms. The van der Waals surface area contributed by atoms with Crippen molar-refractivity contribution >= 4 is 5.91 Å². The summed E-state index contributed by atoms with van der Waals surface area (Å²) in [6, 6.07) is 7.45. The molecule has 0 aromatic heterocycles. The van der Waals surface area contributed by atoms with Crippen LogP contribution in [0.1, 0.15) is 36.0 Å². The minimum atomic E-state index is -2.51. The van der Waals surface area contributed by atoms with E-state index in [1.807, 2.05) is 25.2 Å². The Kier molecular flexibility index (Phi) is 3.75. The van der Waals surface area contributed by atoms with Gasteiger partial charge in [0.25, 0.3) is 5.91 Å². The van der Waals surface area contributed by atoms with Gasteiger partial charge in [-0.05, 0) is 25.0 Å². The van der Waals surface area contributed by atoms with Gasteiger partial charge in [-0.25, -0.2) is 8.78 Å². The Morgan fingerprint density at radius 1 is 1.17 bits per heavy atom. The van der Waals surface area contributed by atoms with Gasteiger partial charge < -0.3 is 9.64 Å². The van der Waals surface area contributed by atoms with Crippen molar-refractivity contribution in [1.82, 2.24) is 9.80 Å². The summed E-state index contributed by atoms with van der Waals surface area (Å²) in [7, 11) is 1.81. The van der Waals surface area contributed by atoms with E-state index in [0.717, 1.165) is 0 Å². The number of nitrogens with zero attached hydrogens (tertiary/aromatic N) is 2. The van der Waals surface area contributed by atoms with Crippen molar-refractivity contribution in [2.75, 3.05) is 20.1 Å². The van der Waals surface area contributed by atoms with Crippen LogP contribution < -0.4 is 4.74 Å². The van der Waals surface area contributed by atoms with Crippen molar-refractivity contribution < 1.29 is 18.3 Å². The van der Waals surface area contributed by atoms with E-state index in [-0.39, 0.29) is 36.9 Å². The van der Waals surface area contributed by atoms with Crippen LogP contribution in [-0.2, 0) is 0 Å².